The highest BCUT2D eigenvalue weighted by Crippen LogP contribution is 2.03. The van der Waals surface area contributed by atoms with Crippen molar-refractivity contribution in [2.75, 3.05) is 58.8 Å². The van der Waals surface area contributed by atoms with Crippen LogP contribution in [-0.2, 0) is 0 Å². The van der Waals surface area contributed by atoms with Crippen LogP contribution in [0.1, 0.15) is 0 Å². The molecule has 0 amide bonds. The molecule has 0 aliphatic carbocycles. The lowest BCUT2D eigenvalue weighted by atomic mass is 10.4. The Bertz CT molecular complexity index is 135. The molecule has 0 aromatic heterocycles. The molecule has 0 radical (unpaired) electrons. The monoisotopic (exact) mass is 203 g/mol. The van der Waals surface area contributed by atoms with E-state index in [4.69, 9.17) is 0 Å². The van der Waals surface area contributed by atoms with Gasteiger partial charge in [0.1, 0.15) is 0 Å². The van der Waals surface area contributed by atoms with Crippen LogP contribution in [0.25, 0.3) is 0 Å². The topological polar surface area (TPSA) is 9.72 Å². The molecule has 1 aliphatic heterocycles. The van der Waals surface area contributed by atoms with Crippen molar-refractivity contribution in [1.29, 1.82) is 0 Å². The fraction of sp³-hybridized carbons (Fsp3) is 1.00. The Balaban J connectivity index is 2.19. The summed E-state index contributed by atoms with van der Waals surface area (Å²) in [6, 6.07) is 0. The lowest BCUT2D eigenvalue weighted by Crippen LogP contribution is -2.51. The fourth-order valence-electron chi connectivity index (χ4n) is 1.50. The molecular weight excluding hydrogens is 182 g/mol. The molecular formula is C9H21N3S. The third-order valence-electron chi connectivity index (χ3n) is 2.58. The quantitative estimate of drug-likeness (QED) is 0.656. The number of rotatable bonds is 4. The summed E-state index contributed by atoms with van der Waals surface area (Å²) in [7, 11) is 4.39. The fourth-order valence-corrected chi connectivity index (χ4v) is 1.95. The molecule has 0 unspecified atom stereocenters. The van der Waals surface area contributed by atoms with Gasteiger partial charge in [-0.15, -0.1) is 0 Å². The van der Waals surface area contributed by atoms with E-state index >= 15 is 0 Å². The van der Waals surface area contributed by atoms with E-state index in [2.05, 4.69) is 35.3 Å². The highest BCUT2D eigenvalue weighted by molar-refractivity contribution is 7.98. The van der Waals surface area contributed by atoms with Gasteiger partial charge < -0.3 is 4.90 Å². The van der Waals surface area contributed by atoms with Crippen molar-refractivity contribution in [2.24, 2.45) is 0 Å². The van der Waals surface area contributed by atoms with Gasteiger partial charge >= 0.3 is 0 Å². The van der Waals surface area contributed by atoms with E-state index in [-0.39, 0.29) is 0 Å². The Morgan fingerprint density at radius 3 is 2.38 bits per heavy atom. The van der Waals surface area contributed by atoms with Crippen molar-refractivity contribution in [2.45, 2.75) is 0 Å². The van der Waals surface area contributed by atoms with Crippen molar-refractivity contribution < 1.29 is 0 Å². The second-order valence-corrected chi connectivity index (χ2v) is 4.62. The second kappa shape index (κ2) is 5.86. The third kappa shape index (κ3) is 3.85. The molecule has 0 bridgehead atoms. The van der Waals surface area contributed by atoms with Crippen molar-refractivity contribution in [1.82, 2.24) is 14.9 Å². The average Bonchev–Trinajstić information content (AvgIpc) is 2.15. The Morgan fingerprint density at radius 2 is 1.85 bits per heavy atom. The average molecular weight is 203 g/mol. The molecule has 78 valence electrons. The van der Waals surface area contributed by atoms with Gasteiger partial charge in [0, 0.05) is 45.5 Å². The first-order valence-electron chi connectivity index (χ1n) is 4.87. The number of hydrazine groups is 1. The second-order valence-electron chi connectivity index (χ2n) is 3.63. The molecule has 3 nitrogen and oxygen atoms in total. The van der Waals surface area contributed by atoms with E-state index in [1.165, 1.54) is 38.5 Å². The molecule has 0 aromatic rings. The molecule has 1 aliphatic rings. The SMILES string of the molecule is CSCCN(C)N1CCN(C)CC1. The number of thioether (sulfide) groups is 1. The summed E-state index contributed by atoms with van der Waals surface area (Å²) in [6.45, 7) is 5.93. The summed E-state index contributed by atoms with van der Waals surface area (Å²) in [4.78, 5) is 2.39. The van der Waals surface area contributed by atoms with Crippen molar-refractivity contribution in [3.8, 4) is 0 Å². The van der Waals surface area contributed by atoms with Crippen LogP contribution >= 0.6 is 11.8 Å². The lowest BCUT2D eigenvalue weighted by molar-refractivity contribution is -0.0284. The van der Waals surface area contributed by atoms with E-state index in [9.17, 15) is 0 Å². The minimum absolute atomic E-state index is 1.17. The first-order chi connectivity index (χ1) is 6.24. The minimum atomic E-state index is 1.17. The maximum absolute atomic E-state index is 2.45. The Hall–Kier alpha value is 0.230. The molecule has 0 saturated carbocycles. The standard InChI is InChI=1S/C9H21N3S/c1-10-4-6-12(7-5-10)11(2)8-9-13-3/h4-9H2,1-3H3. The van der Waals surface area contributed by atoms with E-state index in [1.807, 2.05) is 11.8 Å². The summed E-state index contributed by atoms with van der Waals surface area (Å²) in [5.41, 5.74) is 0. The molecule has 0 aromatic carbocycles. The van der Waals surface area contributed by atoms with Crippen LogP contribution in [-0.4, -0.2) is 73.7 Å². The summed E-state index contributed by atoms with van der Waals surface area (Å²) < 4.78 is 0. The number of piperazine rings is 1. The largest absolute Gasteiger partial charge is 0.304 e. The minimum Gasteiger partial charge on any atom is -0.304 e. The van der Waals surface area contributed by atoms with Crippen LogP contribution in [0, 0.1) is 0 Å². The Labute approximate surface area is 86.0 Å². The van der Waals surface area contributed by atoms with Gasteiger partial charge in [-0.1, -0.05) is 0 Å². The van der Waals surface area contributed by atoms with Crippen molar-refractivity contribution in [3.63, 3.8) is 0 Å². The van der Waals surface area contributed by atoms with Gasteiger partial charge in [0.2, 0.25) is 0 Å². The van der Waals surface area contributed by atoms with Gasteiger partial charge in [0.05, 0.1) is 0 Å². The lowest BCUT2D eigenvalue weighted by Gasteiger charge is -2.38. The molecule has 0 spiro atoms. The summed E-state index contributed by atoms with van der Waals surface area (Å²) in [6.07, 6.45) is 2.16. The van der Waals surface area contributed by atoms with E-state index < -0.39 is 0 Å². The summed E-state index contributed by atoms with van der Waals surface area (Å²) in [5.74, 6) is 1.23. The zero-order valence-electron chi connectivity index (χ0n) is 8.99. The molecule has 13 heavy (non-hydrogen) atoms. The van der Waals surface area contributed by atoms with Gasteiger partial charge in [-0.25, -0.2) is 10.0 Å². The molecule has 0 N–H and O–H groups in total. The van der Waals surface area contributed by atoms with Crippen LogP contribution in [0.5, 0.6) is 0 Å². The van der Waals surface area contributed by atoms with Gasteiger partial charge in [0.15, 0.2) is 0 Å². The molecule has 1 fully saturated rings. The first kappa shape index (κ1) is 11.3. The number of likely N-dealkylation sites (N-methyl/N-ethyl adjacent to an activating group) is 1. The Kier molecular flexibility index (Phi) is 5.09. The van der Waals surface area contributed by atoms with Gasteiger partial charge in [-0.3, -0.25) is 0 Å². The zero-order valence-corrected chi connectivity index (χ0v) is 9.81. The van der Waals surface area contributed by atoms with Gasteiger partial charge in [-0.05, 0) is 13.3 Å². The smallest absolute Gasteiger partial charge is 0.0261 e. The van der Waals surface area contributed by atoms with E-state index in [0.717, 1.165) is 0 Å². The highest BCUT2D eigenvalue weighted by Gasteiger charge is 2.16. The molecule has 0 atom stereocenters. The summed E-state index contributed by atoms with van der Waals surface area (Å²) in [5, 5.41) is 4.82. The predicted molar refractivity (Wildman–Crippen MR) is 60.1 cm³/mol. The maximum Gasteiger partial charge on any atom is 0.0261 e. The number of nitrogens with zero attached hydrogens (tertiary/aromatic N) is 3. The molecule has 1 saturated heterocycles. The predicted octanol–water partition coefficient (Wildman–Crippen LogP) is 0.444. The van der Waals surface area contributed by atoms with Crippen LogP contribution in [0.3, 0.4) is 0 Å². The molecule has 1 heterocycles. The van der Waals surface area contributed by atoms with E-state index in [0.29, 0.717) is 0 Å². The zero-order chi connectivity index (χ0) is 9.68. The van der Waals surface area contributed by atoms with Crippen LogP contribution < -0.4 is 0 Å². The highest BCUT2D eigenvalue weighted by atomic mass is 32.2. The molecule has 1 rings (SSSR count). The Morgan fingerprint density at radius 1 is 1.23 bits per heavy atom. The van der Waals surface area contributed by atoms with Gasteiger partial charge in [0.25, 0.3) is 0 Å². The van der Waals surface area contributed by atoms with E-state index in [1.54, 1.807) is 0 Å². The van der Waals surface area contributed by atoms with Crippen molar-refractivity contribution in [3.05, 3.63) is 0 Å². The normalized spacial score (nSPS) is 21.2. The van der Waals surface area contributed by atoms with Gasteiger partial charge in [-0.2, -0.15) is 11.8 Å². The van der Waals surface area contributed by atoms with Crippen LogP contribution in [0.15, 0.2) is 0 Å². The third-order valence-corrected chi connectivity index (χ3v) is 3.17. The van der Waals surface area contributed by atoms with Crippen LogP contribution in [0.4, 0.5) is 0 Å². The summed E-state index contributed by atoms with van der Waals surface area (Å²) >= 11 is 1.92. The first-order valence-corrected chi connectivity index (χ1v) is 6.27. The number of hydrogen-bond acceptors (Lipinski definition) is 4. The molecule has 4 heteroatoms. The maximum atomic E-state index is 2.45. The van der Waals surface area contributed by atoms with Crippen LogP contribution in [0.2, 0.25) is 0 Å². The number of hydrogen-bond donors (Lipinski definition) is 0. The van der Waals surface area contributed by atoms with Crippen molar-refractivity contribution >= 4 is 11.8 Å².